The van der Waals surface area contributed by atoms with Crippen LogP contribution >= 0.6 is 0 Å². The standard InChI is InChI=1S/C19H27N7O/c1-24(2)12-16-22-23-18(25(16)3)14-5-4-8-26(11-14)19(27)15-9-20-17(21-10-15)13-6-7-13/h9-10,13-14H,4-8,11-12H2,1-3H3/t14-/m1/s1. The lowest BCUT2D eigenvalue weighted by Crippen LogP contribution is -2.39. The largest absolute Gasteiger partial charge is 0.338 e. The smallest absolute Gasteiger partial charge is 0.257 e. The van der Waals surface area contributed by atoms with Crippen molar-refractivity contribution in [2.45, 2.75) is 44.1 Å². The summed E-state index contributed by atoms with van der Waals surface area (Å²) in [5.74, 6) is 3.50. The van der Waals surface area contributed by atoms with E-state index in [0.29, 0.717) is 18.0 Å². The first-order chi connectivity index (χ1) is 13.0. The van der Waals surface area contributed by atoms with Crippen LogP contribution in [0, 0.1) is 0 Å². The number of likely N-dealkylation sites (tertiary alicyclic amines) is 1. The number of aromatic nitrogens is 5. The highest BCUT2D eigenvalue weighted by Gasteiger charge is 2.30. The fraction of sp³-hybridized carbons (Fsp3) is 0.632. The molecule has 0 bridgehead atoms. The van der Waals surface area contributed by atoms with E-state index < -0.39 is 0 Å². The maximum atomic E-state index is 12.9. The van der Waals surface area contributed by atoms with Crippen LogP contribution in [0.25, 0.3) is 0 Å². The molecule has 2 aliphatic rings. The van der Waals surface area contributed by atoms with Crippen LogP contribution in [0.15, 0.2) is 12.4 Å². The third-order valence-corrected chi connectivity index (χ3v) is 5.39. The molecule has 27 heavy (non-hydrogen) atoms. The van der Waals surface area contributed by atoms with Crippen molar-refractivity contribution >= 4 is 5.91 Å². The summed E-state index contributed by atoms with van der Waals surface area (Å²) in [6, 6.07) is 0. The number of rotatable bonds is 5. The van der Waals surface area contributed by atoms with Gasteiger partial charge in [0.15, 0.2) is 0 Å². The summed E-state index contributed by atoms with van der Waals surface area (Å²) in [5.41, 5.74) is 0.575. The Morgan fingerprint density at radius 2 is 1.89 bits per heavy atom. The highest BCUT2D eigenvalue weighted by molar-refractivity contribution is 5.93. The zero-order valence-corrected chi connectivity index (χ0v) is 16.3. The zero-order chi connectivity index (χ0) is 19.0. The molecule has 3 heterocycles. The van der Waals surface area contributed by atoms with E-state index in [2.05, 4.69) is 29.6 Å². The Hall–Kier alpha value is -2.35. The molecule has 1 aliphatic heterocycles. The van der Waals surface area contributed by atoms with E-state index in [1.807, 2.05) is 26.0 Å². The van der Waals surface area contributed by atoms with E-state index in [0.717, 1.165) is 56.2 Å². The van der Waals surface area contributed by atoms with Crippen LogP contribution in [-0.4, -0.2) is 67.6 Å². The molecule has 0 radical (unpaired) electrons. The molecule has 2 aromatic heterocycles. The van der Waals surface area contributed by atoms with E-state index in [9.17, 15) is 4.79 Å². The average Bonchev–Trinajstić information content (AvgIpc) is 3.46. The summed E-state index contributed by atoms with van der Waals surface area (Å²) in [5, 5.41) is 8.76. The van der Waals surface area contributed by atoms with E-state index in [1.165, 1.54) is 0 Å². The van der Waals surface area contributed by atoms with Crippen molar-refractivity contribution in [2.24, 2.45) is 7.05 Å². The normalized spacial score (nSPS) is 20.3. The molecule has 8 heteroatoms. The van der Waals surface area contributed by atoms with Gasteiger partial charge in [-0.1, -0.05) is 0 Å². The summed E-state index contributed by atoms with van der Waals surface area (Å²) in [6.07, 6.45) is 7.68. The van der Waals surface area contributed by atoms with Crippen LogP contribution < -0.4 is 0 Å². The van der Waals surface area contributed by atoms with Crippen LogP contribution in [0.2, 0.25) is 0 Å². The van der Waals surface area contributed by atoms with Gasteiger partial charge >= 0.3 is 0 Å². The second-order valence-electron chi connectivity index (χ2n) is 7.97. The molecule has 144 valence electrons. The first kappa shape index (κ1) is 18.0. The van der Waals surface area contributed by atoms with Gasteiger partial charge in [-0.2, -0.15) is 0 Å². The number of nitrogens with zero attached hydrogens (tertiary/aromatic N) is 7. The number of carbonyl (C=O) groups excluding carboxylic acids is 1. The molecular weight excluding hydrogens is 342 g/mol. The van der Waals surface area contributed by atoms with Crippen LogP contribution in [0.3, 0.4) is 0 Å². The average molecular weight is 369 g/mol. The lowest BCUT2D eigenvalue weighted by atomic mass is 9.96. The van der Waals surface area contributed by atoms with Gasteiger partial charge in [0, 0.05) is 44.4 Å². The van der Waals surface area contributed by atoms with Crippen molar-refractivity contribution in [3.63, 3.8) is 0 Å². The van der Waals surface area contributed by atoms with Gasteiger partial charge in [0.25, 0.3) is 5.91 Å². The number of carbonyl (C=O) groups is 1. The van der Waals surface area contributed by atoms with Crippen LogP contribution in [-0.2, 0) is 13.6 Å². The Kier molecular flexibility index (Phi) is 4.90. The van der Waals surface area contributed by atoms with E-state index >= 15 is 0 Å². The van der Waals surface area contributed by atoms with Gasteiger partial charge in [-0.15, -0.1) is 10.2 Å². The fourth-order valence-electron chi connectivity index (χ4n) is 3.71. The monoisotopic (exact) mass is 369 g/mol. The summed E-state index contributed by atoms with van der Waals surface area (Å²) in [7, 11) is 6.05. The molecule has 1 saturated carbocycles. The van der Waals surface area contributed by atoms with Crippen LogP contribution in [0.4, 0.5) is 0 Å². The summed E-state index contributed by atoms with van der Waals surface area (Å²) in [6.45, 7) is 2.18. The number of piperidine rings is 1. The molecule has 4 rings (SSSR count). The molecule has 0 aromatic carbocycles. The summed E-state index contributed by atoms with van der Waals surface area (Å²) in [4.78, 5) is 25.7. The van der Waals surface area contributed by atoms with Crippen LogP contribution in [0.1, 0.15) is 65.4 Å². The van der Waals surface area contributed by atoms with Gasteiger partial charge < -0.3 is 14.4 Å². The van der Waals surface area contributed by atoms with Crippen molar-refractivity contribution in [2.75, 3.05) is 27.2 Å². The third kappa shape index (κ3) is 3.85. The van der Waals surface area contributed by atoms with Crippen molar-refractivity contribution in [1.29, 1.82) is 0 Å². The van der Waals surface area contributed by atoms with Crippen LogP contribution in [0.5, 0.6) is 0 Å². The minimum Gasteiger partial charge on any atom is -0.338 e. The van der Waals surface area contributed by atoms with Crippen molar-refractivity contribution in [3.05, 3.63) is 35.4 Å². The van der Waals surface area contributed by atoms with E-state index in [-0.39, 0.29) is 11.8 Å². The highest BCUT2D eigenvalue weighted by Crippen LogP contribution is 2.37. The lowest BCUT2D eigenvalue weighted by Gasteiger charge is -2.32. The topological polar surface area (TPSA) is 80.0 Å². The maximum absolute atomic E-state index is 12.9. The van der Waals surface area contributed by atoms with Gasteiger partial charge in [-0.25, -0.2) is 9.97 Å². The number of hydrogen-bond donors (Lipinski definition) is 0. The SMILES string of the molecule is CN(C)Cc1nnc([C@@H]2CCCN(C(=O)c3cnc(C4CC4)nc3)C2)n1C. The fourth-order valence-corrected chi connectivity index (χ4v) is 3.71. The lowest BCUT2D eigenvalue weighted by molar-refractivity contribution is 0.0702. The van der Waals surface area contributed by atoms with Gasteiger partial charge in [0.05, 0.1) is 12.1 Å². The quantitative estimate of drug-likeness (QED) is 0.796. The first-order valence-corrected chi connectivity index (χ1v) is 9.67. The molecule has 1 saturated heterocycles. The predicted molar refractivity (Wildman–Crippen MR) is 100 cm³/mol. The molecule has 2 fully saturated rings. The van der Waals surface area contributed by atoms with Crippen molar-refractivity contribution < 1.29 is 4.79 Å². The van der Waals surface area contributed by atoms with Gasteiger partial charge in [0.2, 0.25) is 0 Å². The highest BCUT2D eigenvalue weighted by atomic mass is 16.2. The molecular formula is C19H27N7O. The Balaban J connectivity index is 1.46. The zero-order valence-electron chi connectivity index (χ0n) is 16.3. The van der Waals surface area contributed by atoms with E-state index in [1.54, 1.807) is 12.4 Å². The summed E-state index contributed by atoms with van der Waals surface area (Å²) >= 11 is 0. The molecule has 0 spiro atoms. The number of hydrogen-bond acceptors (Lipinski definition) is 6. The molecule has 2 aromatic rings. The molecule has 1 aliphatic carbocycles. The Labute approximate surface area is 159 Å². The van der Waals surface area contributed by atoms with Crippen molar-refractivity contribution in [1.82, 2.24) is 34.5 Å². The molecule has 1 amide bonds. The number of amides is 1. The Morgan fingerprint density at radius 1 is 1.15 bits per heavy atom. The third-order valence-electron chi connectivity index (χ3n) is 5.39. The Morgan fingerprint density at radius 3 is 2.56 bits per heavy atom. The van der Waals surface area contributed by atoms with E-state index in [4.69, 9.17) is 0 Å². The Bertz CT molecular complexity index is 810. The first-order valence-electron chi connectivity index (χ1n) is 9.67. The molecule has 0 unspecified atom stereocenters. The second-order valence-corrected chi connectivity index (χ2v) is 7.97. The molecule has 0 N–H and O–H groups in total. The van der Waals surface area contributed by atoms with Gasteiger partial charge in [-0.3, -0.25) is 4.79 Å². The van der Waals surface area contributed by atoms with Gasteiger partial charge in [-0.05, 0) is 39.8 Å². The van der Waals surface area contributed by atoms with Crippen molar-refractivity contribution in [3.8, 4) is 0 Å². The maximum Gasteiger partial charge on any atom is 0.257 e. The minimum atomic E-state index is 0.0118. The van der Waals surface area contributed by atoms with Gasteiger partial charge in [0.1, 0.15) is 17.5 Å². The molecule has 1 atom stereocenters. The minimum absolute atomic E-state index is 0.0118. The molecule has 8 nitrogen and oxygen atoms in total. The summed E-state index contributed by atoms with van der Waals surface area (Å²) < 4.78 is 2.08. The predicted octanol–water partition coefficient (Wildman–Crippen LogP) is 1.56. The second kappa shape index (κ2) is 7.34.